The lowest BCUT2D eigenvalue weighted by atomic mass is 10.1. The number of H-pyrrole nitrogens is 1. The van der Waals surface area contributed by atoms with Crippen molar-refractivity contribution in [1.29, 1.82) is 0 Å². The number of aryl methyl sites for hydroxylation is 1. The molecule has 2 rings (SSSR count). The van der Waals surface area contributed by atoms with E-state index in [1.807, 2.05) is 0 Å². The van der Waals surface area contributed by atoms with E-state index in [-0.39, 0.29) is 5.56 Å². The summed E-state index contributed by atoms with van der Waals surface area (Å²) in [6, 6.07) is 3.29. The van der Waals surface area contributed by atoms with Crippen LogP contribution in [0.1, 0.15) is 16.1 Å². The van der Waals surface area contributed by atoms with Crippen molar-refractivity contribution in [2.45, 2.75) is 6.92 Å². The highest BCUT2D eigenvalue weighted by atomic mass is 16.5. The van der Waals surface area contributed by atoms with Crippen LogP contribution in [0, 0.1) is 6.92 Å². The molecule has 6 nitrogen and oxygen atoms in total. The smallest absolute Gasteiger partial charge is 0.377 e. The number of ether oxygens (including phenoxy) is 2. The first-order valence-electron chi connectivity index (χ1n) is 5.51. The number of carbonyl (C=O) groups is 2. The lowest BCUT2D eigenvalue weighted by Crippen LogP contribution is -2.13. The van der Waals surface area contributed by atoms with E-state index in [0.717, 1.165) is 0 Å². The number of carboxylic acids is 1. The van der Waals surface area contributed by atoms with Crippen LogP contribution in [0.3, 0.4) is 0 Å². The second-order valence-corrected chi connectivity index (χ2v) is 4.01. The third kappa shape index (κ3) is 2.01. The number of benzene rings is 1. The SMILES string of the molecule is COc1cc(OC)c2c(C(=O)C(=O)O)c(C)[nH]c2c1. The minimum atomic E-state index is -1.50. The number of aromatic nitrogens is 1. The van der Waals surface area contributed by atoms with Gasteiger partial charge in [-0.05, 0) is 6.92 Å². The van der Waals surface area contributed by atoms with Crippen LogP contribution < -0.4 is 9.47 Å². The molecule has 0 saturated heterocycles. The van der Waals surface area contributed by atoms with Crippen molar-refractivity contribution in [3.63, 3.8) is 0 Å². The number of hydrogen-bond acceptors (Lipinski definition) is 4. The van der Waals surface area contributed by atoms with Gasteiger partial charge in [-0.2, -0.15) is 0 Å². The fraction of sp³-hybridized carbons (Fsp3) is 0.231. The predicted octanol–water partition coefficient (Wildman–Crippen LogP) is 1.76. The van der Waals surface area contributed by atoms with Crippen LogP contribution in [0.4, 0.5) is 0 Å². The van der Waals surface area contributed by atoms with Gasteiger partial charge in [0.2, 0.25) is 0 Å². The maximum absolute atomic E-state index is 11.8. The van der Waals surface area contributed by atoms with E-state index in [2.05, 4.69) is 4.98 Å². The molecule has 0 amide bonds. The molecule has 19 heavy (non-hydrogen) atoms. The Balaban J connectivity index is 2.82. The fourth-order valence-electron chi connectivity index (χ4n) is 2.07. The minimum Gasteiger partial charge on any atom is -0.497 e. The molecular weight excluding hydrogens is 250 g/mol. The number of methoxy groups -OCH3 is 2. The lowest BCUT2D eigenvalue weighted by molar-refractivity contribution is -0.131. The molecule has 2 N–H and O–H groups in total. The summed E-state index contributed by atoms with van der Waals surface area (Å²) in [6.07, 6.45) is 0. The first-order valence-corrected chi connectivity index (χ1v) is 5.51. The first kappa shape index (κ1) is 12.9. The standard InChI is InChI=1S/C13H13NO5/c1-6-10(12(15)13(16)17)11-8(14-6)4-7(18-2)5-9(11)19-3/h4-5,14H,1-3H3,(H,16,17). The molecule has 0 bridgehead atoms. The number of hydrogen-bond donors (Lipinski definition) is 2. The molecule has 0 fully saturated rings. The predicted molar refractivity (Wildman–Crippen MR) is 68.1 cm³/mol. The summed E-state index contributed by atoms with van der Waals surface area (Å²) in [5, 5.41) is 9.33. The number of Topliss-reactive ketones (excluding diaryl/α,β-unsaturated/α-hetero) is 1. The lowest BCUT2D eigenvalue weighted by Gasteiger charge is -2.06. The van der Waals surface area contributed by atoms with Crippen LogP contribution in [0.5, 0.6) is 11.5 Å². The van der Waals surface area contributed by atoms with Crippen LogP contribution in [0.25, 0.3) is 10.9 Å². The molecule has 0 aliphatic carbocycles. The van der Waals surface area contributed by atoms with Crippen molar-refractivity contribution in [3.05, 3.63) is 23.4 Å². The van der Waals surface area contributed by atoms with Gasteiger partial charge >= 0.3 is 5.97 Å². The molecule has 6 heteroatoms. The zero-order valence-electron chi connectivity index (χ0n) is 10.7. The highest BCUT2D eigenvalue weighted by Crippen LogP contribution is 2.35. The minimum absolute atomic E-state index is 0.113. The highest BCUT2D eigenvalue weighted by molar-refractivity contribution is 6.43. The Labute approximate surface area is 108 Å². The van der Waals surface area contributed by atoms with Gasteiger partial charge in [0.25, 0.3) is 5.78 Å². The van der Waals surface area contributed by atoms with Gasteiger partial charge in [0.05, 0.1) is 30.7 Å². The van der Waals surface area contributed by atoms with Gasteiger partial charge in [0, 0.05) is 17.8 Å². The average molecular weight is 263 g/mol. The molecule has 1 aromatic heterocycles. The van der Waals surface area contributed by atoms with E-state index in [9.17, 15) is 9.59 Å². The van der Waals surface area contributed by atoms with Gasteiger partial charge < -0.3 is 19.6 Å². The molecule has 100 valence electrons. The number of nitrogens with one attached hydrogen (secondary N) is 1. The Morgan fingerprint density at radius 3 is 2.42 bits per heavy atom. The number of carboxylic acid groups (broad SMARTS) is 1. The summed E-state index contributed by atoms with van der Waals surface area (Å²) in [7, 11) is 2.96. The van der Waals surface area contributed by atoms with Crippen LogP contribution in [-0.2, 0) is 4.79 Å². The summed E-state index contributed by atoms with van der Waals surface area (Å²) in [6.45, 7) is 1.64. The average Bonchev–Trinajstić information content (AvgIpc) is 2.72. The second kappa shape index (κ2) is 4.64. The number of carbonyl (C=O) groups excluding carboxylic acids is 1. The summed E-state index contributed by atoms with van der Waals surface area (Å²) in [5.74, 6) is -1.52. The van der Waals surface area contributed by atoms with E-state index in [0.29, 0.717) is 28.1 Å². The molecule has 0 aliphatic heterocycles. The third-order valence-corrected chi connectivity index (χ3v) is 2.90. The molecular formula is C13H13NO5. The summed E-state index contributed by atoms with van der Waals surface area (Å²) in [5.41, 5.74) is 1.19. The number of ketones is 1. The van der Waals surface area contributed by atoms with Crippen molar-refractivity contribution in [2.75, 3.05) is 14.2 Å². The van der Waals surface area contributed by atoms with Gasteiger partial charge in [-0.15, -0.1) is 0 Å². The second-order valence-electron chi connectivity index (χ2n) is 4.01. The zero-order chi connectivity index (χ0) is 14.2. The highest BCUT2D eigenvalue weighted by Gasteiger charge is 2.24. The van der Waals surface area contributed by atoms with Crippen molar-refractivity contribution in [3.8, 4) is 11.5 Å². The molecule has 0 aliphatic rings. The molecule has 1 heterocycles. The summed E-state index contributed by atoms with van der Waals surface area (Å²) in [4.78, 5) is 25.6. The van der Waals surface area contributed by atoms with Crippen LogP contribution in [0.15, 0.2) is 12.1 Å². The topological polar surface area (TPSA) is 88.6 Å². The van der Waals surface area contributed by atoms with Crippen molar-refractivity contribution < 1.29 is 24.2 Å². The Bertz CT molecular complexity index is 671. The summed E-state index contributed by atoms with van der Waals surface area (Å²) >= 11 is 0. The van der Waals surface area contributed by atoms with E-state index in [1.165, 1.54) is 14.2 Å². The van der Waals surface area contributed by atoms with Gasteiger partial charge in [-0.3, -0.25) is 4.79 Å². The Hall–Kier alpha value is -2.50. The molecule has 0 radical (unpaired) electrons. The van der Waals surface area contributed by atoms with E-state index >= 15 is 0 Å². The Morgan fingerprint density at radius 2 is 1.89 bits per heavy atom. The molecule has 0 unspecified atom stereocenters. The quantitative estimate of drug-likeness (QED) is 0.648. The summed E-state index contributed by atoms with van der Waals surface area (Å²) < 4.78 is 10.3. The molecule has 2 aromatic rings. The van der Waals surface area contributed by atoms with Gasteiger partial charge in [-0.1, -0.05) is 0 Å². The Kier molecular flexibility index (Phi) is 3.16. The monoisotopic (exact) mass is 263 g/mol. The van der Waals surface area contributed by atoms with Gasteiger partial charge in [0.15, 0.2) is 0 Å². The van der Waals surface area contributed by atoms with E-state index in [4.69, 9.17) is 14.6 Å². The number of rotatable bonds is 4. The van der Waals surface area contributed by atoms with E-state index in [1.54, 1.807) is 19.1 Å². The first-order chi connectivity index (χ1) is 8.99. The number of aliphatic carboxylic acids is 1. The molecule has 0 saturated carbocycles. The van der Waals surface area contributed by atoms with Crippen LogP contribution >= 0.6 is 0 Å². The fourth-order valence-corrected chi connectivity index (χ4v) is 2.07. The zero-order valence-corrected chi connectivity index (χ0v) is 10.7. The van der Waals surface area contributed by atoms with Crippen molar-refractivity contribution in [2.24, 2.45) is 0 Å². The van der Waals surface area contributed by atoms with Crippen LogP contribution in [-0.4, -0.2) is 36.1 Å². The third-order valence-electron chi connectivity index (χ3n) is 2.90. The number of fused-ring (bicyclic) bond motifs is 1. The maximum atomic E-state index is 11.8. The Morgan fingerprint density at radius 1 is 1.21 bits per heavy atom. The van der Waals surface area contributed by atoms with Crippen molar-refractivity contribution in [1.82, 2.24) is 4.98 Å². The van der Waals surface area contributed by atoms with Crippen molar-refractivity contribution >= 4 is 22.7 Å². The number of aromatic amines is 1. The van der Waals surface area contributed by atoms with Crippen LogP contribution in [0.2, 0.25) is 0 Å². The molecule has 1 aromatic carbocycles. The molecule has 0 spiro atoms. The van der Waals surface area contributed by atoms with Gasteiger partial charge in [-0.25, -0.2) is 4.79 Å². The molecule has 0 atom stereocenters. The van der Waals surface area contributed by atoms with Gasteiger partial charge in [0.1, 0.15) is 11.5 Å². The largest absolute Gasteiger partial charge is 0.497 e. The normalized spacial score (nSPS) is 10.5. The van der Waals surface area contributed by atoms with E-state index < -0.39 is 11.8 Å². The maximum Gasteiger partial charge on any atom is 0.377 e.